The summed E-state index contributed by atoms with van der Waals surface area (Å²) in [4.78, 5) is 26.5. The number of ketones is 1. The van der Waals surface area contributed by atoms with E-state index < -0.39 is 0 Å². The van der Waals surface area contributed by atoms with E-state index in [9.17, 15) is 9.59 Å². The number of hydrogen-bond donors (Lipinski definition) is 0. The van der Waals surface area contributed by atoms with Crippen LogP contribution in [0.2, 0.25) is 0 Å². The molecule has 4 heteroatoms. The zero-order chi connectivity index (χ0) is 20.9. The van der Waals surface area contributed by atoms with Crippen molar-refractivity contribution in [2.45, 2.75) is 33.1 Å². The van der Waals surface area contributed by atoms with Gasteiger partial charge in [-0.2, -0.15) is 0 Å². The maximum Gasteiger partial charge on any atom is 0.253 e. The van der Waals surface area contributed by atoms with E-state index in [-0.39, 0.29) is 17.1 Å². The molecule has 0 spiro atoms. The number of carbonyl (C=O) groups excluding carboxylic acids is 2. The van der Waals surface area contributed by atoms with Crippen molar-refractivity contribution in [3.8, 4) is 0 Å². The van der Waals surface area contributed by atoms with Crippen molar-refractivity contribution in [3.05, 3.63) is 76.5 Å². The number of allylic oxidation sites excluding steroid dienone is 1. The van der Waals surface area contributed by atoms with Gasteiger partial charge in [0, 0.05) is 25.2 Å². The second kappa shape index (κ2) is 8.87. The molecule has 4 nitrogen and oxygen atoms in total. The monoisotopic (exact) mass is 379 g/mol. The minimum absolute atomic E-state index is 0.0223. The highest BCUT2D eigenvalue weighted by Gasteiger charge is 2.17. The van der Waals surface area contributed by atoms with Crippen molar-refractivity contribution in [2.75, 3.05) is 20.7 Å². The van der Waals surface area contributed by atoms with E-state index in [0.29, 0.717) is 23.5 Å². The van der Waals surface area contributed by atoms with Gasteiger partial charge in [-0.25, -0.2) is 0 Å². The molecule has 0 N–H and O–H groups in total. The summed E-state index contributed by atoms with van der Waals surface area (Å²) in [5.74, 6) is -0.00863. The Labute approximate surface area is 167 Å². The molecule has 0 bridgehead atoms. The van der Waals surface area contributed by atoms with Crippen LogP contribution in [0.15, 0.2) is 54.3 Å². The van der Waals surface area contributed by atoms with Gasteiger partial charge in [-0.1, -0.05) is 57.2 Å². The zero-order valence-electron chi connectivity index (χ0n) is 17.6. The molecule has 0 unspecified atom stereocenters. The number of rotatable bonds is 6. The molecule has 2 aromatic rings. The lowest BCUT2D eigenvalue weighted by Gasteiger charge is -2.19. The molecule has 0 aliphatic rings. The maximum absolute atomic E-state index is 12.9. The van der Waals surface area contributed by atoms with Crippen LogP contribution >= 0.6 is 0 Å². The first-order chi connectivity index (χ1) is 13.1. The summed E-state index contributed by atoms with van der Waals surface area (Å²) in [6.07, 6.45) is 1.78. The van der Waals surface area contributed by atoms with Crippen LogP contribution in [0.5, 0.6) is 0 Å². The topological polar surface area (TPSA) is 46.6 Å². The molecule has 0 aromatic heterocycles. The lowest BCUT2D eigenvalue weighted by molar-refractivity contribution is 0.0826. The normalized spacial score (nSPS) is 11.9. The van der Waals surface area contributed by atoms with Crippen molar-refractivity contribution in [2.24, 2.45) is 0 Å². The van der Waals surface area contributed by atoms with Gasteiger partial charge in [0.15, 0.2) is 5.76 Å². The fourth-order valence-corrected chi connectivity index (χ4v) is 2.74. The predicted molar refractivity (Wildman–Crippen MR) is 114 cm³/mol. The third-order valence-electron chi connectivity index (χ3n) is 4.37. The minimum Gasteiger partial charge on any atom is -0.490 e. The third kappa shape index (κ3) is 5.32. The molecule has 0 aliphatic heterocycles. The number of hydrogen-bond acceptors (Lipinski definition) is 3. The Balaban J connectivity index is 2.34. The summed E-state index contributed by atoms with van der Waals surface area (Å²) in [6, 6.07) is 14.8. The van der Waals surface area contributed by atoms with E-state index in [1.54, 1.807) is 44.4 Å². The summed E-state index contributed by atoms with van der Waals surface area (Å²) in [5.41, 5.74) is 3.16. The van der Waals surface area contributed by atoms with Crippen molar-refractivity contribution in [3.63, 3.8) is 0 Å². The lowest BCUT2D eigenvalue weighted by Crippen LogP contribution is -2.21. The summed E-state index contributed by atoms with van der Waals surface area (Å²) >= 11 is 0. The fourth-order valence-electron chi connectivity index (χ4n) is 2.74. The molecule has 2 aromatic carbocycles. The maximum atomic E-state index is 12.9. The highest BCUT2D eigenvalue weighted by atomic mass is 16.5. The second-order valence-electron chi connectivity index (χ2n) is 7.92. The Morgan fingerprint density at radius 1 is 1.00 bits per heavy atom. The molecule has 0 radical (unpaired) electrons. The van der Waals surface area contributed by atoms with Crippen LogP contribution in [0.4, 0.5) is 0 Å². The summed E-state index contributed by atoms with van der Waals surface area (Å²) < 4.78 is 5.64. The SMILES string of the molecule is CCOC(=Cc1cccc(C(C)(C)C)c1)C(=O)c1ccc(C(=O)N(C)C)cc1. The number of carbonyl (C=O) groups is 2. The molecule has 1 amide bonds. The zero-order valence-corrected chi connectivity index (χ0v) is 17.6. The van der Waals surface area contributed by atoms with E-state index in [0.717, 1.165) is 5.56 Å². The van der Waals surface area contributed by atoms with Gasteiger partial charge in [-0.15, -0.1) is 0 Å². The number of Topliss-reactive ketones (excluding diaryl/α,β-unsaturated/α-hetero) is 1. The largest absolute Gasteiger partial charge is 0.490 e. The Bertz CT molecular complexity index is 871. The first kappa shape index (κ1) is 21.4. The van der Waals surface area contributed by atoms with Gasteiger partial charge in [-0.05, 0) is 41.7 Å². The average molecular weight is 380 g/mol. The van der Waals surface area contributed by atoms with Gasteiger partial charge >= 0.3 is 0 Å². The number of nitrogens with zero attached hydrogens (tertiary/aromatic N) is 1. The molecule has 148 valence electrons. The molecular formula is C24H29NO3. The van der Waals surface area contributed by atoms with Crippen LogP contribution in [0.1, 0.15) is 59.5 Å². The van der Waals surface area contributed by atoms with Crippen molar-refractivity contribution in [1.82, 2.24) is 4.90 Å². The number of amides is 1. The molecule has 0 aliphatic carbocycles. The summed E-state index contributed by atoms with van der Waals surface area (Å²) in [6.45, 7) is 8.71. The van der Waals surface area contributed by atoms with Crippen LogP contribution in [0.25, 0.3) is 6.08 Å². The second-order valence-corrected chi connectivity index (χ2v) is 7.92. The molecule has 0 atom stereocenters. The van der Waals surface area contributed by atoms with Crippen LogP contribution in [0, 0.1) is 0 Å². The Hall–Kier alpha value is -2.88. The quantitative estimate of drug-likeness (QED) is 0.405. The first-order valence-corrected chi connectivity index (χ1v) is 9.45. The predicted octanol–water partition coefficient (Wildman–Crippen LogP) is 4.95. The Morgan fingerprint density at radius 2 is 1.61 bits per heavy atom. The molecule has 0 heterocycles. The van der Waals surface area contributed by atoms with Crippen LogP contribution in [-0.2, 0) is 10.2 Å². The van der Waals surface area contributed by atoms with Gasteiger partial charge in [-0.3, -0.25) is 9.59 Å². The Morgan fingerprint density at radius 3 is 2.14 bits per heavy atom. The van der Waals surface area contributed by atoms with E-state index in [1.807, 2.05) is 19.1 Å². The van der Waals surface area contributed by atoms with E-state index in [1.165, 1.54) is 10.5 Å². The van der Waals surface area contributed by atoms with Crippen molar-refractivity contribution in [1.29, 1.82) is 0 Å². The van der Waals surface area contributed by atoms with Gasteiger partial charge in [0.25, 0.3) is 5.91 Å². The fraction of sp³-hybridized carbons (Fsp3) is 0.333. The molecule has 0 fully saturated rings. The highest BCUT2D eigenvalue weighted by Crippen LogP contribution is 2.24. The standard InChI is InChI=1S/C24H29NO3/c1-7-28-21(16-17-9-8-10-20(15-17)24(2,3)4)22(26)18-11-13-19(14-12-18)23(27)25(5)6/h8-16H,7H2,1-6H3. The van der Waals surface area contributed by atoms with Gasteiger partial charge < -0.3 is 9.64 Å². The number of benzene rings is 2. The van der Waals surface area contributed by atoms with Crippen molar-refractivity contribution >= 4 is 17.8 Å². The van der Waals surface area contributed by atoms with Crippen molar-refractivity contribution < 1.29 is 14.3 Å². The molecule has 0 saturated heterocycles. The molecule has 0 saturated carbocycles. The first-order valence-electron chi connectivity index (χ1n) is 9.45. The van der Waals surface area contributed by atoms with Gasteiger partial charge in [0.05, 0.1) is 6.61 Å². The third-order valence-corrected chi connectivity index (χ3v) is 4.37. The van der Waals surface area contributed by atoms with Crippen LogP contribution in [0.3, 0.4) is 0 Å². The van der Waals surface area contributed by atoms with E-state index in [2.05, 4.69) is 32.9 Å². The number of ether oxygens (including phenoxy) is 1. The summed E-state index contributed by atoms with van der Waals surface area (Å²) in [5, 5.41) is 0. The molecule has 2 rings (SSSR count). The average Bonchev–Trinajstić information content (AvgIpc) is 2.66. The van der Waals surface area contributed by atoms with E-state index in [4.69, 9.17) is 4.74 Å². The van der Waals surface area contributed by atoms with E-state index >= 15 is 0 Å². The Kier molecular flexibility index (Phi) is 6.79. The lowest BCUT2D eigenvalue weighted by atomic mass is 9.86. The molecular weight excluding hydrogens is 350 g/mol. The van der Waals surface area contributed by atoms with Crippen LogP contribution < -0.4 is 0 Å². The highest BCUT2D eigenvalue weighted by molar-refractivity contribution is 6.10. The smallest absolute Gasteiger partial charge is 0.253 e. The van der Waals surface area contributed by atoms with Gasteiger partial charge in [0.1, 0.15) is 0 Å². The van der Waals surface area contributed by atoms with Gasteiger partial charge in [0.2, 0.25) is 5.78 Å². The molecule has 28 heavy (non-hydrogen) atoms. The summed E-state index contributed by atoms with van der Waals surface area (Å²) in [7, 11) is 3.39. The minimum atomic E-state index is -0.202. The van der Waals surface area contributed by atoms with Crippen LogP contribution in [-0.4, -0.2) is 37.3 Å².